The molecule has 0 N–H and O–H groups in total. The molecule has 4 heteroatoms. The van der Waals surface area contributed by atoms with Gasteiger partial charge < -0.3 is 0 Å². The van der Waals surface area contributed by atoms with E-state index < -0.39 is 0 Å². The van der Waals surface area contributed by atoms with Crippen molar-refractivity contribution in [2.45, 2.75) is 6.92 Å². The standard InChI is InChI=1S/C12H8BrFOS/c1-7-6-10(16-12(7)13)11(15)8-2-4-9(14)5-3-8/h2-6H,1H3. The second-order valence-corrected chi connectivity index (χ2v) is 5.77. The summed E-state index contributed by atoms with van der Waals surface area (Å²) in [5, 5.41) is 0. The van der Waals surface area contributed by atoms with Crippen LogP contribution in [0.5, 0.6) is 0 Å². The van der Waals surface area contributed by atoms with E-state index in [4.69, 9.17) is 0 Å². The number of aryl methyl sites for hydroxylation is 1. The molecule has 0 unspecified atom stereocenters. The summed E-state index contributed by atoms with van der Waals surface area (Å²) in [6.45, 7) is 1.93. The summed E-state index contributed by atoms with van der Waals surface area (Å²) in [6, 6.07) is 7.42. The van der Waals surface area contributed by atoms with Gasteiger partial charge in [-0.2, -0.15) is 0 Å². The lowest BCUT2D eigenvalue weighted by atomic mass is 10.1. The van der Waals surface area contributed by atoms with Crippen molar-refractivity contribution in [2.75, 3.05) is 0 Å². The van der Waals surface area contributed by atoms with Crippen LogP contribution in [0.15, 0.2) is 34.1 Å². The topological polar surface area (TPSA) is 17.1 Å². The summed E-state index contributed by atoms with van der Waals surface area (Å²) in [5.41, 5.74) is 1.55. The molecular weight excluding hydrogens is 291 g/mol. The first kappa shape index (κ1) is 11.5. The van der Waals surface area contributed by atoms with Crippen LogP contribution < -0.4 is 0 Å². The predicted molar refractivity (Wildman–Crippen MR) is 66.6 cm³/mol. The fourth-order valence-corrected chi connectivity index (χ4v) is 2.81. The van der Waals surface area contributed by atoms with Crippen LogP contribution in [0.1, 0.15) is 20.8 Å². The molecule has 0 saturated carbocycles. The Kier molecular flexibility index (Phi) is 3.21. The molecule has 1 nitrogen and oxygen atoms in total. The Morgan fingerprint density at radius 3 is 2.44 bits per heavy atom. The van der Waals surface area contributed by atoms with E-state index in [2.05, 4.69) is 15.9 Å². The Labute approximate surface area is 105 Å². The number of benzene rings is 1. The molecule has 0 saturated heterocycles. The molecule has 1 heterocycles. The maximum atomic E-state index is 12.7. The van der Waals surface area contributed by atoms with Crippen molar-refractivity contribution >= 4 is 33.0 Å². The third-order valence-electron chi connectivity index (χ3n) is 2.19. The van der Waals surface area contributed by atoms with Gasteiger partial charge in [-0.25, -0.2) is 4.39 Å². The maximum absolute atomic E-state index is 12.7. The van der Waals surface area contributed by atoms with E-state index in [0.29, 0.717) is 10.4 Å². The number of carbonyl (C=O) groups is 1. The molecule has 0 spiro atoms. The van der Waals surface area contributed by atoms with Crippen molar-refractivity contribution in [1.29, 1.82) is 0 Å². The Morgan fingerprint density at radius 2 is 1.94 bits per heavy atom. The molecule has 0 atom stereocenters. The zero-order chi connectivity index (χ0) is 11.7. The van der Waals surface area contributed by atoms with Gasteiger partial charge in [0, 0.05) is 5.56 Å². The highest BCUT2D eigenvalue weighted by Crippen LogP contribution is 2.28. The summed E-state index contributed by atoms with van der Waals surface area (Å²) < 4.78 is 13.7. The van der Waals surface area contributed by atoms with Gasteiger partial charge >= 0.3 is 0 Å². The fraction of sp³-hybridized carbons (Fsp3) is 0.0833. The Balaban J connectivity index is 2.35. The lowest BCUT2D eigenvalue weighted by Crippen LogP contribution is -1.98. The van der Waals surface area contributed by atoms with Crippen LogP contribution in [-0.2, 0) is 0 Å². The molecule has 0 fully saturated rings. The number of hydrogen-bond acceptors (Lipinski definition) is 2. The molecule has 0 bridgehead atoms. The average Bonchev–Trinajstić information content (AvgIpc) is 2.59. The third-order valence-corrected chi connectivity index (χ3v) is 4.32. The number of halogens is 2. The van der Waals surface area contributed by atoms with Crippen molar-refractivity contribution in [3.8, 4) is 0 Å². The highest BCUT2D eigenvalue weighted by molar-refractivity contribution is 9.11. The van der Waals surface area contributed by atoms with Crippen LogP contribution in [0.4, 0.5) is 4.39 Å². The van der Waals surface area contributed by atoms with E-state index in [1.807, 2.05) is 13.0 Å². The van der Waals surface area contributed by atoms with Gasteiger partial charge in [-0.15, -0.1) is 11.3 Å². The molecule has 0 radical (unpaired) electrons. The SMILES string of the molecule is Cc1cc(C(=O)c2ccc(F)cc2)sc1Br. The van der Waals surface area contributed by atoms with Crippen LogP contribution >= 0.6 is 27.3 Å². The largest absolute Gasteiger partial charge is 0.288 e. The van der Waals surface area contributed by atoms with E-state index in [1.165, 1.54) is 35.6 Å². The zero-order valence-electron chi connectivity index (χ0n) is 8.46. The quantitative estimate of drug-likeness (QED) is 0.760. The molecule has 1 aromatic heterocycles. The van der Waals surface area contributed by atoms with E-state index >= 15 is 0 Å². The second-order valence-electron chi connectivity index (χ2n) is 3.40. The van der Waals surface area contributed by atoms with Crippen LogP contribution in [0.3, 0.4) is 0 Å². The Bertz CT molecular complexity index is 511. The van der Waals surface area contributed by atoms with Gasteiger partial charge in [-0.05, 0) is 58.7 Å². The van der Waals surface area contributed by atoms with Gasteiger partial charge in [-0.3, -0.25) is 4.79 Å². The zero-order valence-corrected chi connectivity index (χ0v) is 10.9. The summed E-state index contributed by atoms with van der Waals surface area (Å²) >= 11 is 4.77. The summed E-state index contributed by atoms with van der Waals surface area (Å²) in [6.07, 6.45) is 0. The minimum Gasteiger partial charge on any atom is -0.288 e. The van der Waals surface area contributed by atoms with Gasteiger partial charge in [0.1, 0.15) is 5.82 Å². The normalized spacial score (nSPS) is 10.4. The first-order valence-corrected chi connectivity index (χ1v) is 6.25. The van der Waals surface area contributed by atoms with Crippen molar-refractivity contribution in [2.24, 2.45) is 0 Å². The van der Waals surface area contributed by atoms with Crippen LogP contribution in [-0.4, -0.2) is 5.78 Å². The molecule has 0 aliphatic rings. The predicted octanol–water partition coefficient (Wildman–Crippen LogP) is 4.19. The molecule has 2 aromatic rings. The van der Waals surface area contributed by atoms with Crippen LogP contribution in [0, 0.1) is 12.7 Å². The number of thiophene rings is 1. The minimum absolute atomic E-state index is 0.0706. The van der Waals surface area contributed by atoms with E-state index in [9.17, 15) is 9.18 Å². The van der Waals surface area contributed by atoms with Crippen molar-refractivity contribution in [3.63, 3.8) is 0 Å². The number of hydrogen-bond donors (Lipinski definition) is 0. The van der Waals surface area contributed by atoms with Crippen molar-refractivity contribution in [3.05, 3.63) is 55.9 Å². The molecule has 16 heavy (non-hydrogen) atoms. The Hall–Kier alpha value is -1.00. The second kappa shape index (κ2) is 4.47. The van der Waals surface area contributed by atoms with Gasteiger partial charge in [0.15, 0.2) is 0 Å². The van der Waals surface area contributed by atoms with E-state index in [0.717, 1.165) is 9.35 Å². The minimum atomic E-state index is -0.333. The maximum Gasteiger partial charge on any atom is 0.202 e. The first-order valence-electron chi connectivity index (χ1n) is 4.64. The highest BCUT2D eigenvalue weighted by Gasteiger charge is 2.13. The number of carbonyl (C=O) groups excluding carboxylic acids is 1. The van der Waals surface area contributed by atoms with E-state index in [-0.39, 0.29) is 11.6 Å². The first-order chi connectivity index (χ1) is 7.58. The van der Waals surface area contributed by atoms with Crippen LogP contribution in [0.25, 0.3) is 0 Å². The lowest BCUT2D eigenvalue weighted by molar-refractivity contribution is 0.104. The van der Waals surface area contributed by atoms with Gasteiger partial charge in [0.05, 0.1) is 8.66 Å². The average molecular weight is 299 g/mol. The molecular formula is C12H8BrFOS. The summed E-state index contributed by atoms with van der Waals surface area (Å²) in [7, 11) is 0. The van der Waals surface area contributed by atoms with Gasteiger partial charge in [0.25, 0.3) is 0 Å². The smallest absolute Gasteiger partial charge is 0.202 e. The van der Waals surface area contributed by atoms with E-state index in [1.54, 1.807) is 0 Å². The van der Waals surface area contributed by atoms with Gasteiger partial charge in [-0.1, -0.05) is 0 Å². The van der Waals surface area contributed by atoms with Crippen molar-refractivity contribution < 1.29 is 9.18 Å². The fourth-order valence-electron chi connectivity index (χ4n) is 1.32. The van der Waals surface area contributed by atoms with Crippen LogP contribution in [0.2, 0.25) is 0 Å². The summed E-state index contributed by atoms with van der Waals surface area (Å²) in [4.78, 5) is 12.7. The highest BCUT2D eigenvalue weighted by atomic mass is 79.9. The third kappa shape index (κ3) is 2.23. The molecule has 1 aromatic carbocycles. The number of rotatable bonds is 2. The monoisotopic (exact) mass is 298 g/mol. The molecule has 0 aliphatic heterocycles. The molecule has 0 aliphatic carbocycles. The molecule has 0 amide bonds. The molecule has 2 rings (SSSR count). The lowest BCUT2D eigenvalue weighted by Gasteiger charge is -1.97. The summed E-state index contributed by atoms with van der Waals surface area (Å²) in [5.74, 6) is -0.404. The van der Waals surface area contributed by atoms with Gasteiger partial charge in [0.2, 0.25) is 5.78 Å². The van der Waals surface area contributed by atoms with Crippen molar-refractivity contribution in [1.82, 2.24) is 0 Å². The Morgan fingerprint density at radius 1 is 1.31 bits per heavy atom. The molecule has 82 valence electrons. The number of ketones is 1.